The van der Waals surface area contributed by atoms with Gasteiger partial charge in [-0.05, 0) is 19.1 Å². The predicted octanol–water partition coefficient (Wildman–Crippen LogP) is 1.82. The van der Waals surface area contributed by atoms with Gasteiger partial charge in [-0.15, -0.1) is 0 Å². The van der Waals surface area contributed by atoms with Crippen molar-refractivity contribution in [3.8, 4) is 11.5 Å². The van der Waals surface area contributed by atoms with Crippen LogP contribution in [0.1, 0.15) is 33.3 Å². The molecule has 112 valence electrons. The summed E-state index contributed by atoms with van der Waals surface area (Å²) in [4.78, 5) is 37.3. The van der Waals surface area contributed by atoms with E-state index in [4.69, 9.17) is 9.47 Å². The average molecular weight is 293 g/mol. The van der Waals surface area contributed by atoms with Crippen molar-refractivity contribution in [3.05, 3.63) is 23.8 Å². The van der Waals surface area contributed by atoms with Gasteiger partial charge in [0.1, 0.15) is 11.5 Å². The highest BCUT2D eigenvalue weighted by molar-refractivity contribution is 6.01. The molecule has 0 radical (unpaired) electrons. The third-order valence-electron chi connectivity index (χ3n) is 2.17. The van der Waals surface area contributed by atoms with Crippen molar-refractivity contribution in [2.75, 3.05) is 0 Å². The summed E-state index contributed by atoms with van der Waals surface area (Å²) in [6, 6.07) is 4.43. The van der Waals surface area contributed by atoms with Gasteiger partial charge in [-0.3, -0.25) is 9.59 Å². The average Bonchev–Trinajstić information content (AvgIpc) is 2.34. The molecule has 0 spiro atoms. The fraction of sp³-hybridized carbons (Fsp3) is 0.286. The zero-order chi connectivity index (χ0) is 16.0. The molecule has 7 heteroatoms. The minimum Gasteiger partial charge on any atom is -0.427 e. The minimum atomic E-state index is -0.570. The monoisotopic (exact) mass is 293 g/mol. The van der Waals surface area contributed by atoms with Crippen LogP contribution in [-0.4, -0.2) is 23.6 Å². The summed E-state index contributed by atoms with van der Waals surface area (Å²) in [5, 5.41) is 3.62. The van der Waals surface area contributed by atoms with E-state index in [2.05, 4.69) is 9.99 Å². The molecule has 0 atom stereocenters. The summed E-state index contributed by atoms with van der Waals surface area (Å²) < 4.78 is 9.96. The molecule has 0 unspecified atom stereocenters. The lowest BCUT2D eigenvalue weighted by atomic mass is 10.1. The third kappa shape index (κ3) is 5.43. The first-order chi connectivity index (χ1) is 9.79. The molecule has 0 amide bonds. The van der Waals surface area contributed by atoms with Gasteiger partial charge in [0.25, 0.3) is 0 Å². The molecule has 0 heterocycles. The van der Waals surface area contributed by atoms with Gasteiger partial charge in [0, 0.05) is 32.4 Å². The largest absolute Gasteiger partial charge is 0.427 e. The highest BCUT2D eigenvalue weighted by Gasteiger charge is 2.13. The van der Waals surface area contributed by atoms with E-state index in [-0.39, 0.29) is 11.5 Å². The molecule has 0 aliphatic carbocycles. The van der Waals surface area contributed by atoms with Gasteiger partial charge in [0.2, 0.25) is 0 Å². The molecule has 0 fully saturated rings. The quantitative estimate of drug-likeness (QED) is 0.276. The van der Waals surface area contributed by atoms with E-state index in [1.165, 1.54) is 32.9 Å². The molecule has 0 N–H and O–H groups in total. The second-order valence-electron chi connectivity index (χ2n) is 4.10. The Labute approximate surface area is 121 Å². The van der Waals surface area contributed by atoms with Crippen LogP contribution in [0.5, 0.6) is 11.5 Å². The maximum Gasteiger partial charge on any atom is 0.331 e. The number of carbonyl (C=O) groups excluding carboxylic acids is 3. The highest BCUT2D eigenvalue weighted by atomic mass is 16.7. The third-order valence-corrected chi connectivity index (χ3v) is 2.17. The first kappa shape index (κ1) is 16.4. The SMILES string of the molecule is CC(=O)O/N=C(/C)c1ccc(OC(C)=O)cc1OC(C)=O. The van der Waals surface area contributed by atoms with Crippen LogP contribution in [0.4, 0.5) is 0 Å². The van der Waals surface area contributed by atoms with Crippen molar-refractivity contribution < 1.29 is 28.7 Å². The lowest BCUT2D eigenvalue weighted by Gasteiger charge is -2.10. The first-order valence-electron chi connectivity index (χ1n) is 6.03. The standard InChI is InChI=1S/C14H15NO6/c1-8(15-21-11(4)18)13-6-5-12(19-9(2)16)7-14(13)20-10(3)17/h5-7H,1-4H3/b15-8-. The Hall–Kier alpha value is -2.70. The lowest BCUT2D eigenvalue weighted by molar-refractivity contribution is -0.141. The number of nitrogens with zero attached hydrogens (tertiary/aromatic N) is 1. The number of hydrogen-bond donors (Lipinski definition) is 0. The Bertz CT molecular complexity index is 605. The van der Waals surface area contributed by atoms with E-state index < -0.39 is 17.9 Å². The number of hydrogen-bond acceptors (Lipinski definition) is 7. The van der Waals surface area contributed by atoms with Gasteiger partial charge in [-0.1, -0.05) is 5.16 Å². The summed E-state index contributed by atoms with van der Waals surface area (Å²) in [5.41, 5.74) is 0.762. The molecule has 7 nitrogen and oxygen atoms in total. The fourth-order valence-electron chi connectivity index (χ4n) is 1.45. The van der Waals surface area contributed by atoms with Gasteiger partial charge in [0.15, 0.2) is 0 Å². The predicted molar refractivity (Wildman–Crippen MR) is 73.0 cm³/mol. The molecule has 21 heavy (non-hydrogen) atoms. The normalized spacial score (nSPS) is 10.8. The highest BCUT2D eigenvalue weighted by Crippen LogP contribution is 2.26. The molecular weight excluding hydrogens is 278 g/mol. The fourth-order valence-corrected chi connectivity index (χ4v) is 1.45. The maximum atomic E-state index is 11.1. The van der Waals surface area contributed by atoms with Crippen LogP contribution >= 0.6 is 0 Å². The van der Waals surface area contributed by atoms with Crippen molar-refractivity contribution in [1.82, 2.24) is 0 Å². The van der Waals surface area contributed by atoms with Crippen LogP contribution in [0, 0.1) is 0 Å². The van der Waals surface area contributed by atoms with E-state index in [9.17, 15) is 14.4 Å². The molecule has 1 aromatic carbocycles. The summed E-state index contributed by atoms with van der Waals surface area (Å²) in [5.74, 6) is -1.24. The number of oxime groups is 1. The Morgan fingerprint density at radius 1 is 0.905 bits per heavy atom. The van der Waals surface area contributed by atoms with Crippen molar-refractivity contribution >= 4 is 23.6 Å². The number of esters is 2. The smallest absolute Gasteiger partial charge is 0.331 e. The lowest BCUT2D eigenvalue weighted by Crippen LogP contribution is -2.09. The summed E-state index contributed by atoms with van der Waals surface area (Å²) >= 11 is 0. The van der Waals surface area contributed by atoms with Crippen molar-refractivity contribution in [3.63, 3.8) is 0 Å². The second-order valence-corrected chi connectivity index (χ2v) is 4.10. The van der Waals surface area contributed by atoms with Gasteiger partial charge >= 0.3 is 17.9 Å². The van der Waals surface area contributed by atoms with Crippen molar-refractivity contribution in [2.45, 2.75) is 27.7 Å². The molecule has 0 saturated carbocycles. The number of carbonyl (C=O) groups is 3. The molecule has 0 aliphatic heterocycles. The summed E-state index contributed by atoms with van der Waals surface area (Å²) in [6.45, 7) is 5.29. The van der Waals surface area contributed by atoms with Crippen molar-refractivity contribution in [1.29, 1.82) is 0 Å². The van der Waals surface area contributed by atoms with Gasteiger partial charge < -0.3 is 14.3 Å². The van der Waals surface area contributed by atoms with Crippen LogP contribution in [0.15, 0.2) is 23.4 Å². The zero-order valence-corrected chi connectivity index (χ0v) is 12.1. The Kier molecular flexibility index (Phi) is 5.59. The minimum absolute atomic E-state index is 0.148. The molecule has 0 bridgehead atoms. The van der Waals surface area contributed by atoms with Crippen LogP contribution in [-0.2, 0) is 19.2 Å². The van der Waals surface area contributed by atoms with Crippen LogP contribution in [0.3, 0.4) is 0 Å². The molecule has 1 rings (SSSR count). The maximum absolute atomic E-state index is 11.1. The van der Waals surface area contributed by atoms with E-state index in [0.717, 1.165) is 0 Å². The number of benzene rings is 1. The topological polar surface area (TPSA) is 91.3 Å². The Morgan fingerprint density at radius 3 is 2.05 bits per heavy atom. The molecule has 0 saturated heterocycles. The zero-order valence-electron chi connectivity index (χ0n) is 12.1. The second kappa shape index (κ2) is 7.18. The van der Waals surface area contributed by atoms with E-state index in [0.29, 0.717) is 11.3 Å². The van der Waals surface area contributed by atoms with Gasteiger partial charge in [-0.2, -0.15) is 0 Å². The Balaban J connectivity index is 3.17. The van der Waals surface area contributed by atoms with E-state index >= 15 is 0 Å². The van der Waals surface area contributed by atoms with E-state index in [1.807, 2.05) is 0 Å². The molecular formula is C14H15NO6. The van der Waals surface area contributed by atoms with Crippen LogP contribution in [0.2, 0.25) is 0 Å². The Morgan fingerprint density at radius 2 is 1.52 bits per heavy atom. The van der Waals surface area contributed by atoms with Crippen molar-refractivity contribution in [2.24, 2.45) is 5.16 Å². The molecule has 0 aliphatic rings. The van der Waals surface area contributed by atoms with Gasteiger partial charge in [-0.25, -0.2) is 4.79 Å². The van der Waals surface area contributed by atoms with Crippen LogP contribution < -0.4 is 9.47 Å². The molecule has 0 aromatic heterocycles. The number of ether oxygens (including phenoxy) is 2. The first-order valence-corrected chi connectivity index (χ1v) is 6.03. The number of rotatable bonds is 4. The summed E-state index contributed by atoms with van der Waals surface area (Å²) in [6.07, 6.45) is 0. The summed E-state index contributed by atoms with van der Waals surface area (Å²) in [7, 11) is 0. The van der Waals surface area contributed by atoms with Gasteiger partial charge in [0.05, 0.1) is 5.71 Å². The molecule has 1 aromatic rings. The van der Waals surface area contributed by atoms with E-state index in [1.54, 1.807) is 13.0 Å². The van der Waals surface area contributed by atoms with Crippen LogP contribution in [0.25, 0.3) is 0 Å².